The third kappa shape index (κ3) is 3.77. The zero-order valence-corrected chi connectivity index (χ0v) is 12.0. The number of methoxy groups -OCH3 is 1. The first kappa shape index (κ1) is 15.4. The van der Waals surface area contributed by atoms with Gasteiger partial charge >= 0.3 is 0 Å². The van der Waals surface area contributed by atoms with Crippen molar-refractivity contribution in [2.24, 2.45) is 0 Å². The summed E-state index contributed by atoms with van der Waals surface area (Å²) in [6.07, 6.45) is 0. The van der Waals surface area contributed by atoms with E-state index in [-0.39, 0.29) is 6.54 Å². The van der Waals surface area contributed by atoms with Crippen molar-refractivity contribution >= 4 is 10.0 Å². The van der Waals surface area contributed by atoms with Gasteiger partial charge in [-0.3, -0.25) is 0 Å². The highest BCUT2D eigenvalue weighted by atomic mass is 32.2. The molecule has 2 rings (SSSR count). The van der Waals surface area contributed by atoms with E-state index < -0.39 is 26.6 Å². The molecule has 4 nitrogen and oxygen atoms in total. The highest BCUT2D eigenvalue weighted by molar-refractivity contribution is 7.89. The number of rotatable bonds is 5. The summed E-state index contributed by atoms with van der Waals surface area (Å²) in [5.41, 5.74) is 0.634. The monoisotopic (exact) mass is 313 g/mol. The Morgan fingerprint density at radius 2 is 1.90 bits per heavy atom. The minimum atomic E-state index is -4.14. The van der Waals surface area contributed by atoms with Crippen LogP contribution in [-0.4, -0.2) is 15.5 Å². The van der Waals surface area contributed by atoms with Gasteiger partial charge < -0.3 is 4.74 Å². The molecule has 0 unspecified atom stereocenters. The minimum Gasteiger partial charge on any atom is -0.497 e. The standard InChI is InChI=1S/C14H13F2NO3S/c1-20-12-4-2-3-10(7-12)9-17-21(18,19)14-8-11(15)5-6-13(14)16/h2-8,17H,9H2,1H3. The zero-order valence-electron chi connectivity index (χ0n) is 11.1. The van der Waals surface area contributed by atoms with Crippen molar-refractivity contribution in [2.75, 3.05) is 7.11 Å². The Hall–Kier alpha value is -1.99. The molecule has 0 bridgehead atoms. The maximum absolute atomic E-state index is 13.5. The number of hydrogen-bond donors (Lipinski definition) is 1. The van der Waals surface area contributed by atoms with Gasteiger partial charge in [-0.2, -0.15) is 0 Å². The normalized spacial score (nSPS) is 11.4. The first-order chi connectivity index (χ1) is 9.92. The maximum atomic E-state index is 13.5. The van der Waals surface area contributed by atoms with Crippen LogP contribution < -0.4 is 9.46 Å². The van der Waals surface area contributed by atoms with Gasteiger partial charge in [-0.15, -0.1) is 0 Å². The topological polar surface area (TPSA) is 55.4 Å². The van der Waals surface area contributed by atoms with E-state index in [1.807, 2.05) is 0 Å². The van der Waals surface area contributed by atoms with Gasteiger partial charge in [-0.05, 0) is 35.9 Å². The SMILES string of the molecule is COc1cccc(CNS(=O)(=O)c2cc(F)ccc2F)c1. The molecular formula is C14H13F2NO3S. The minimum absolute atomic E-state index is 0.0600. The Bertz CT molecular complexity index is 748. The summed E-state index contributed by atoms with van der Waals surface area (Å²) in [5, 5.41) is 0. The first-order valence-electron chi connectivity index (χ1n) is 6.00. The van der Waals surface area contributed by atoms with Gasteiger partial charge in [0, 0.05) is 6.54 Å². The summed E-state index contributed by atoms with van der Waals surface area (Å²) >= 11 is 0. The summed E-state index contributed by atoms with van der Waals surface area (Å²) in [7, 11) is -2.65. The van der Waals surface area contributed by atoms with Gasteiger partial charge in [0.05, 0.1) is 7.11 Å². The molecule has 0 aromatic heterocycles. The summed E-state index contributed by atoms with van der Waals surface area (Å²) in [5.74, 6) is -1.25. The summed E-state index contributed by atoms with van der Waals surface area (Å²) in [4.78, 5) is -0.717. The number of nitrogens with one attached hydrogen (secondary N) is 1. The summed E-state index contributed by atoms with van der Waals surface area (Å²) < 4.78 is 57.8. The molecular weight excluding hydrogens is 300 g/mol. The van der Waals surface area contributed by atoms with Crippen LogP contribution in [0, 0.1) is 11.6 Å². The van der Waals surface area contributed by atoms with Gasteiger partial charge in [-0.25, -0.2) is 21.9 Å². The molecule has 0 aliphatic rings. The fourth-order valence-electron chi connectivity index (χ4n) is 1.72. The van der Waals surface area contributed by atoms with E-state index in [0.29, 0.717) is 17.4 Å². The van der Waals surface area contributed by atoms with Gasteiger partial charge in [0.1, 0.15) is 22.3 Å². The molecule has 0 amide bonds. The average molecular weight is 313 g/mol. The van der Waals surface area contributed by atoms with Crippen LogP contribution in [0.5, 0.6) is 5.75 Å². The lowest BCUT2D eigenvalue weighted by Crippen LogP contribution is -2.24. The van der Waals surface area contributed by atoms with Gasteiger partial charge in [-0.1, -0.05) is 12.1 Å². The largest absolute Gasteiger partial charge is 0.497 e. The van der Waals surface area contributed by atoms with Crippen molar-refractivity contribution in [3.05, 3.63) is 59.7 Å². The maximum Gasteiger partial charge on any atom is 0.243 e. The van der Waals surface area contributed by atoms with Crippen LogP contribution in [0.3, 0.4) is 0 Å². The number of ether oxygens (including phenoxy) is 1. The Morgan fingerprint density at radius 3 is 2.62 bits per heavy atom. The number of hydrogen-bond acceptors (Lipinski definition) is 3. The van der Waals surface area contributed by atoms with Gasteiger partial charge in [0.2, 0.25) is 10.0 Å². The molecule has 0 aliphatic carbocycles. The van der Waals surface area contributed by atoms with Crippen LogP contribution in [0.25, 0.3) is 0 Å². The smallest absolute Gasteiger partial charge is 0.243 e. The van der Waals surface area contributed by atoms with Crippen LogP contribution in [0.2, 0.25) is 0 Å². The van der Waals surface area contributed by atoms with Crippen molar-refractivity contribution in [2.45, 2.75) is 11.4 Å². The second kappa shape index (κ2) is 6.19. The van der Waals surface area contributed by atoms with Crippen LogP contribution in [-0.2, 0) is 16.6 Å². The second-order valence-electron chi connectivity index (χ2n) is 4.25. The third-order valence-electron chi connectivity index (χ3n) is 2.78. The van der Waals surface area contributed by atoms with Crippen LogP contribution >= 0.6 is 0 Å². The predicted octanol–water partition coefficient (Wildman–Crippen LogP) is 2.45. The molecule has 0 saturated carbocycles. The molecule has 2 aromatic rings. The Balaban J connectivity index is 2.19. The number of benzene rings is 2. The molecule has 7 heteroatoms. The average Bonchev–Trinajstić information content (AvgIpc) is 2.48. The van der Waals surface area contributed by atoms with E-state index >= 15 is 0 Å². The quantitative estimate of drug-likeness (QED) is 0.922. The Kier molecular flexibility index (Phi) is 4.54. The zero-order chi connectivity index (χ0) is 15.5. The predicted molar refractivity (Wildman–Crippen MR) is 73.4 cm³/mol. The van der Waals surface area contributed by atoms with Crippen molar-refractivity contribution in [1.29, 1.82) is 0 Å². The highest BCUT2D eigenvalue weighted by Crippen LogP contribution is 2.17. The molecule has 0 fully saturated rings. The third-order valence-corrected chi connectivity index (χ3v) is 4.20. The van der Waals surface area contributed by atoms with Crippen molar-refractivity contribution in [3.63, 3.8) is 0 Å². The van der Waals surface area contributed by atoms with E-state index in [2.05, 4.69) is 4.72 Å². The van der Waals surface area contributed by atoms with Crippen molar-refractivity contribution in [3.8, 4) is 5.75 Å². The molecule has 0 spiro atoms. The van der Waals surface area contributed by atoms with Crippen LogP contribution in [0.1, 0.15) is 5.56 Å². The fraction of sp³-hybridized carbons (Fsp3) is 0.143. The second-order valence-corrected chi connectivity index (χ2v) is 5.99. The van der Waals surface area contributed by atoms with Gasteiger partial charge in [0.25, 0.3) is 0 Å². The van der Waals surface area contributed by atoms with Crippen LogP contribution in [0.4, 0.5) is 8.78 Å². The highest BCUT2D eigenvalue weighted by Gasteiger charge is 2.19. The van der Waals surface area contributed by atoms with E-state index in [0.717, 1.165) is 12.1 Å². The fourth-order valence-corrected chi connectivity index (χ4v) is 2.83. The molecule has 0 atom stereocenters. The molecule has 21 heavy (non-hydrogen) atoms. The molecule has 2 aromatic carbocycles. The summed E-state index contributed by atoms with van der Waals surface area (Å²) in [6.45, 7) is -0.0600. The molecule has 112 valence electrons. The molecule has 0 radical (unpaired) electrons. The lowest BCUT2D eigenvalue weighted by atomic mass is 10.2. The van der Waals surface area contributed by atoms with Crippen LogP contribution in [0.15, 0.2) is 47.4 Å². The molecule has 0 heterocycles. The first-order valence-corrected chi connectivity index (χ1v) is 7.48. The van der Waals surface area contributed by atoms with E-state index in [1.54, 1.807) is 24.3 Å². The lowest BCUT2D eigenvalue weighted by Gasteiger charge is -2.09. The van der Waals surface area contributed by atoms with E-state index in [4.69, 9.17) is 4.74 Å². The number of halogens is 2. The van der Waals surface area contributed by atoms with Crippen molar-refractivity contribution < 1.29 is 21.9 Å². The van der Waals surface area contributed by atoms with E-state index in [1.165, 1.54) is 7.11 Å². The van der Waals surface area contributed by atoms with Crippen molar-refractivity contribution in [1.82, 2.24) is 4.72 Å². The molecule has 0 aliphatic heterocycles. The summed E-state index contributed by atoms with van der Waals surface area (Å²) in [6, 6.07) is 9.02. The molecule has 1 N–H and O–H groups in total. The number of sulfonamides is 1. The molecule has 0 saturated heterocycles. The van der Waals surface area contributed by atoms with Gasteiger partial charge in [0.15, 0.2) is 0 Å². The lowest BCUT2D eigenvalue weighted by molar-refractivity contribution is 0.414. The Labute approximate surface area is 121 Å². The Morgan fingerprint density at radius 1 is 1.14 bits per heavy atom. The van der Waals surface area contributed by atoms with E-state index in [9.17, 15) is 17.2 Å².